The third-order valence-corrected chi connectivity index (χ3v) is 4.93. The first-order valence-electron chi connectivity index (χ1n) is 7.23. The number of aromatic amines is 1. The van der Waals surface area contributed by atoms with Crippen molar-refractivity contribution in [2.24, 2.45) is 5.41 Å². The molecule has 6 heteroatoms. The van der Waals surface area contributed by atoms with E-state index in [1.807, 2.05) is 6.07 Å². The maximum Gasteiger partial charge on any atom is 0.253 e. The molecule has 1 amide bonds. The fourth-order valence-electron chi connectivity index (χ4n) is 3.49. The summed E-state index contributed by atoms with van der Waals surface area (Å²) in [5, 5.41) is 22.0. The number of nitriles is 1. The van der Waals surface area contributed by atoms with E-state index >= 15 is 0 Å². The molecule has 21 heavy (non-hydrogen) atoms. The molecule has 1 saturated heterocycles. The molecule has 1 aromatic heterocycles. The number of rotatable bonds is 2. The van der Waals surface area contributed by atoms with Crippen LogP contribution in [0.1, 0.15) is 41.0 Å². The summed E-state index contributed by atoms with van der Waals surface area (Å²) in [6.45, 7) is 3.03. The highest BCUT2D eigenvalue weighted by molar-refractivity contribution is 5.96. The number of nitrogens with zero attached hydrogens (tertiary/aromatic N) is 1. The molecule has 1 aliphatic heterocycles. The minimum Gasteiger partial charge on any atom is -0.392 e. The Labute approximate surface area is 123 Å². The van der Waals surface area contributed by atoms with Gasteiger partial charge in [0.15, 0.2) is 0 Å². The van der Waals surface area contributed by atoms with Gasteiger partial charge >= 0.3 is 0 Å². The van der Waals surface area contributed by atoms with Gasteiger partial charge in [0.25, 0.3) is 5.91 Å². The largest absolute Gasteiger partial charge is 0.392 e. The van der Waals surface area contributed by atoms with E-state index in [1.54, 1.807) is 13.0 Å². The normalized spacial score (nSPS) is 26.9. The molecular formula is C15H19N3O3. The number of carbonyl (C=O) groups is 1. The van der Waals surface area contributed by atoms with E-state index in [2.05, 4.69) is 10.3 Å². The Morgan fingerprint density at radius 3 is 2.86 bits per heavy atom. The first kappa shape index (κ1) is 14.1. The molecular weight excluding hydrogens is 270 g/mol. The van der Waals surface area contributed by atoms with Gasteiger partial charge in [0.1, 0.15) is 11.8 Å². The topological polar surface area (TPSA) is 98.1 Å². The maximum absolute atomic E-state index is 12.4. The lowest BCUT2D eigenvalue weighted by molar-refractivity contribution is -0.145. The third-order valence-electron chi connectivity index (χ3n) is 4.93. The molecule has 1 spiro atoms. The lowest BCUT2D eigenvalue weighted by atomic mass is 9.58. The number of aliphatic hydroxyl groups excluding tert-OH is 1. The summed E-state index contributed by atoms with van der Waals surface area (Å²) in [5.74, 6) is -0.187. The molecule has 2 fully saturated rings. The van der Waals surface area contributed by atoms with E-state index in [0.717, 1.165) is 12.8 Å². The van der Waals surface area contributed by atoms with Gasteiger partial charge in [-0.25, -0.2) is 0 Å². The van der Waals surface area contributed by atoms with Gasteiger partial charge in [-0.1, -0.05) is 0 Å². The van der Waals surface area contributed by atoms with Crippen LogP contribution in [0, 0.1) is 23.7 Å². The number of aryl methyl sites for hydroxylation is 1. The molecule has 3 rings (SSSR count). The first-order valence-corrected chi connectivity index (χ1v) is 7.23. The monoisotopic (exact) mass is 289 g/mol. The van der Waals surface area contributed by atoms with E-state index < -0.39 is 0 Å². The fraction of sp³-hybridized carbons (Fsp3) is 0.600. The number of carbonyl (C=O) groups excluding carboxylic acids is 1. The highest BCUT2D eigenvalue weighted by Crippen LogP contribution is 2.49. The van der Waals surface area contributed by atoms with Crippen molar-refractivity contribution in [2.75, 3.05) is 13.2 Å². The molecule has 0 radical (unpaired) electrons. The highest BCUT2D eigenvalue weighted by Gasteiger charge is 2.55. The maximum atomic E-state index is 12.4. The molecule has 6 nitrogen and oxygen atoms in total. The molecule has 112 valence electrons. The van der Waals surface area contributed by atoms with Gasteiger partial charge in [0.05, 0.1) is 11.7 Å². The van der Waals surface area contributed by atoms with Crippen molar-refractivity contribution in [3.63, 3.8) is 0 Å². The molecule has 1 aromatic rings. The molecule has 3 N–H and O–H groups in total. The Morgan fingerprint density at radius 1 is 1.57 bits per heavy atom. The van der Waals surface area contributed by atoms with Gasteiger partial charge in [-0.05, 0) is 32.3 Å². The number of amides is 1. The summed E-state index contributed by atoms with van der Waals surface area (Å²) in [5.41, 5.74) is 1.32. The number of nitrogens with one attached hydrogen (secondary N) is 2. The zero-order chi connectivity index (χ0) is 15.0. The number of hydrogen-bond acceptors (Lipinski definition) is 4. The zero-order valence-corrected chi connectivity index (χ0v) is 12.0. The van der Waals surface area contributed by atoms with Crippen LogP contribution in [-0.2, 0) is 4.74 Å². The molecule has 2 heterocycles. The molecule has 0 bridgehead atoms. The Hall–Kier alpha value is -1.84. The van der Waals surface area contributed by atoms with Gasteiger partial charge in [-0.15, -0.1) is 0 Å². The van der Waals surface area contributed by atoms with E-state index in [4.69, 9.17) is 10.00 Å². The van der Waals surface area contributed by atoms with Crippen LogP contribution in [0.25, 0.3) is 0 Å². The summed E-state index contributed by atoms with van der Waals surface area (Å²) in [6, 6.07) is 3.54. The van der Waals surface area contributed by atoms with E-state index in [1.165, 1.54) is 0 Å². The first-order chi connectivity index (χ1) is 10.1. The number of hydrogen-bond donors (Lipinski definition) is 3. The van der Waals surface area contributed by atoms with Crippen molar-refractivity contribution in [1.29, 1.82) is 5.26 Å². The Bertz CT molecular complexity index is 596. The summed E-state index contributed by atoms with van der Waals surface area (Å²) >= 11 is 0. The molecule has 0 unspecified atom stereocenters. The molecule has 1 aliphatic carbocycles. The Balaban J connectivity index is 1.73. The second-order valence-corrected chi connectivity index (χ2v) is 5.96. The van der Waals surface area contributed by atoms with Crippen LogP contribution >= 0.6 is 0 Å². The van der Waals surface area contributed by atoms with Crippen LogP contribution in [0.3, 0.4) is 0 Å². The number of aromatic nitrogens is 1. The predicted octanol–water partition coefficient (Wildman–Crippen LogP) is 0.855. The lowest BCUT2D eigenvalue weighted by Crippen LogP contribution is -2.65. The van der Waals surface area contributed by atoms with Crippen molar-refractivity contribution < 1.29 is 14.6 Å². The molecule has 1 saturated carbocycles. The standard InChI is InChI=1S/C15H19N3O3/c1-9-11(6-10(8-16)17-9)14(20)18-12-7-13(19)15(12)2-4-21-5-3-15/h6,12-13,17,19H,2-5,7H2,1H3,(H,18,20)/t12-,13-/m1/s1. The highest BCUT2D eigenvalue weighted by atomic mass is 16.5. The summed E-state index contributed by atoms with van der Waals surface area (Å²) in [7, 11) is 0. The second kappa shape index (κ2) is 5.17. The predicted molar refractivity (Wildman–Crippen MR) is 74.6 cm³/mol. The van der Waals surface area contributed by atoms with Crippen molar-refractivity contribution in [3.05, 3.63) is 23.0 Å². The summed E-state index contributed by atoms with van der Waals surface area (Å²) < 4.78 is 5.36. The summed E-state index contributed by atoms with van der Waals surface area (Å²) in [6.07, 6.45) is 1.76. The van der Waals surface area contributed by atoms with Crippen LogP contribution in [-0.4, -0.2) is 41.4 Å². The van der Waals surface area contributed by atoms with Gasteiger partial charge in [0, 0.05) is 30.4 Å². The van der Waals surface area contributed by atoms with Gasteiger partial charge < -0.3 is 20.1 Å². The van der Waals surface area contributed by atoms with Crippen molar-refractivity contribution in [3.8, 4) is 6.07 Å². The molecule has 2 atom stereocenters. The Kier molecular flexibility index (Phi) is 3.47. The minimum absolute atomic E-state index is 0.0243. The van der Waals surface area contributed by atoms with Crippen molar-refractivity contribution >= 4 is 5.91 Å². The van der Waals surface area contributed by atoms with Crippen LogP contribution in [0.2, 0.25) is 0 Å². The number of aliphatic hydroxyl groups is 1. The quantitative estimate of drug-likeness (QED) is 0.752. The summed E-state index contributed by atoms with van der Waals surface area (Å²) in [4.78, 5) is 15.3. The minimum atomic E-state index is -0.367. The average Bonchev–Trinajstić information content (AvgIpc) is 2.89. The zero-order valence-electron chi connectivity index (χ0n) is 12.0. The van der Waals surface area contributed by atoms with Crippen LogP contribution in [0.5, 0.6) is 0 Å². The van der Waals surface area contributed by atoms with Crippen LogP contribution in [0.15, 0.2) is 6.07 Å². The van der Waals surface area contributed by atoms with Gasteiger partial charge in [-0.3, -0.25) is 4.79 Å². The fourth-order valence-corrected chi connectivity index (χ4v) is 3.49. The van der Waals surface area contributed by atoms with Gasteiger partial charge in [0.2, 0.25) is 0 Å². The van der Waals surface area contributed by atoms with Crippen LogP contribution < -0.4 is 5.32 Å². The smallest absolute Gasteiger partial charge is 0.253 e. The molecule has 0 aromatic carbocycles. The average molecular weight is 289 g/mol. The van der Waals surface area contributed by atoms with Crippen molar-refractivity contribution in [2.45, 2.75) is 38.3 Å². The number of ether oxygens (including phenoxy) is 1. The lowest BCUT2D eigenvalue weighted by Gasteiger charge is -2.55. The van der Waals surface area contributed by atoms with E-state index in [0.29, 0.717) is 36.6 Å². The van der Waals surface area contributed by atoms with Gasteiger partial charge in [-0.2, -0.15) is 5.26 Å². The third kappa shape index (κ3) is 2.23. The SMILES string of the molecule is Cc1[nH]c(C#N)cc1C(=O)N[C@@H]1C[C@@H](O)C12CCOCC2. The van der Waals surface area contributed by atoms with Crippen LogP contribution in [0.4, 0.5) is 0 Å². The molecule has 2 aliphatic rings. The van der Waals surface area contributed by atoms with Crippen molar-refractivity contribution in [1.82, 2.24) is 10.3 Å². The number of H-pyrrole nitrogens is 1. The van der Waals surface area contributed by atoms with E-state index in [-0.39, 0.29) is 23.5 Å². The second-order valence-electron chi connectivity index (χ2n) is 5.96. The Morgan fingerprint density at radius 2 is 2.29 bits per heavy atom. The van der Waals surface area contributed by atoms with E-state index in [9.17, 15) is 9.90 Å².